The average Bonchev–Trinajstić information content (AvgIpc) is 3.31. The van der Waals surface area contributed by atoms with Gasteiger partial charge in [0.15, 0.2) is 0 Å². The van der Waals surface area contributed by atoms with Crippen LogP contribution < -0.4 is 4.90 Å². The predicted octanol–water partition coefficient (Wildman–Crippen LogP) is 4.02. The Balaban J connectivity index is 1.53. The first-order chi connectivity index (χ1) is 13.1. The zero-order valence-corrected chi connectivity index (χ0v) is 16.0. The minimum absolute atomic E-state index is 0.0532. The van der Waals surface area contributed by atoms with E-state index >= 15 is 0 Å². The van der Waals surface area contributed by atoms with Crippen LogP contribution in [0, 0.1) is 19.8 Å². The number of aryl methyl sites for hydroxylation is 1. The SMILES string of the molecule is Cc1cccc(N2C[C@@H](C(=O)N3CCC[C@@H]3c3ccccc3)CC2=O)c1C. The Kier molecular flexibility index (Phi) is 4.73. The molecule has 2 fully saturated rings. The van der Waals surface area contributed by atoms with Crippen LogP contribution in [0.5, 0.6) is 0 Å². The van der Waals surface area contributed by atoms with Crippen LogP contribution in [0.1, 0.15) is 42.0 Å². The lowest BCUT2D eigenvalue weighted by atomic mass is 10.0. The molecule has 0 unspecified atom stereocenters. The van der Waals surface area contributed by atoms with E-state index in [0.717, 1.165) is 30.6 Å². The van der Waals surface area contributed by atoms with Gasteiger partial charge < -0.3 is 9.80 Å². The van der Waals surface area contributed by atoms with Gasteiger partial charge in [-0.2, -0.15) is 0 Å². The first-order valence-electron chi connectivity index (χ1n) is 9.78. The summed E-state index contributed by atoms with van der Waals surface area (Å²) in [7, 11) is 0. The van der Waals surface area contributed by atoms with E-state index in [1.165, 1.54) is 11.1 Å². The van der Waals surface area contributed by atoms with Crippen molar-refractivity contribution >= 4 is 17.5 Å². The summed E-state index contributed by atoms with van der Waals surface area (Å²) in [6.07, 6.45) is 2.33. The summed E-state index contributed by atoms with van der Waals surface area (Å²) in [6.45, 7) is 5.36. The second-order valence-electron chi connectivity index (χ2n) is 7.72. The smallest absolute Gasteiger partial charge is 0.228 e. The number of nitrogens with zero attached hydrogens (tertiary/aromatic N) is 2. The van der Waals surface area contributed by atoms with E-state index in [2.05, 4.69) is 25.1 Å². The van der Waals surface area contributed by atoms with Crippen molar-refractivity contribution in [3.63, 3.8) is 0 Å². The molecule has 0 aliphatic carbocycles. The van der Waals surface area contributed by atoms with Gasteiger partial charge in [-0.1, -0.05) is 42.5 Å². The summed E-state index contributed by atoms with van der Waals surface area (Å²) in [5.74, 6) is -0.0678. The van der Waals surface area contributed by atoms with Gasteiger partial charge >= 0.3 is 0 Å². The summed E-state index contributed by atoms with van der Waals surface area (Å²) >= 11 is 0. The van der Waals surface area contributed by atoms with E-state index in [0.29, 0.717) is 13.0 Å². The normalized spacial score (nSPS) is 22.5. The van der Waals surface area contributed by atoms with Crippen molar-refractivity contribution < 1.29 is 9.59 Å². The number of benzene rings is 2. The molecule has 0 aromatic heterocycles. The van der Waals surface area contributed by atoms with Crippen molar-refractivity contribution in [3.05, 3.63) is 65.2 Å². The van der Waals surface area contributed by atoms with Crippen LogP contribution in [0.25, 0.3) is 0 Å². The van der Waals surface area contributed by atoms with Crippen molar-refractivity contribution in [2.45, 2.75) is 39.2 Å². The van der Waals surface area contributed by atoms with Gasteiger partial charge in [0.25, 0.3) is 0 Å². The highest BCUT2D eigenvalue weighted by Gasteiger charge is 2.40. The van der Waals surface area contributed by atoms with E-state index in [4.69, 9.17) is 0 Å². The van der Waals surface area contributed by atoms with E-state index in [1.807, 2.05) is 42.2 Å². The maximum Gasteiger partial charge on any atom is 0.228 e. The quantitative estimate of drug-likeness (QED) is 0.827. The molecule has 0 saturated carbocycles. The number of hydrogen-bond acceptors (Lipinski definition) is 2. The topological polar surface area (TPSA) is 40.6 Å². The van der Waals surface area contributed by atoms with Crippen LogP contribution in [-0.2, 0) is 9.59 Å². The molecule has 2 amide bonds. The van der Waals surface area contributed by atoms with E-state index < -0.39 is 0 Å². The second-order valence-corrected chi connectivity index (χ2v) is 7.72. The van der Waals surface area contributed by atoms with Crippen LogP contribution in [-0.4, -0.2) is 29.8 Å². The minimum Gasteiger partial charge on any atom is -0.335 e. The third kappa shape index (κ3) is 3.25. The molecule has 4 nitrogen and oxygen atoms in total. The molecule has 4 heteroatoms. The zero-order valence-electron chi connectivity index (χ0n) is 16.0. The molecule has 2 atom stereocenters. The molecule has 4 rings (SSSR count). The van der Waals surface area contributed by atoms with Crippen molar-refractivity contribution in [2.24, 2.45) is 5.92 Å². The van der Waals surface area contributed by atoms with E-state index in [-0.39, 0.29) is 23.8 Å². The maximum absolute atomic E-state index is 13.3. The third-order valence-corrected chi connectivity index (χ3v) is 6.06. The van der Waals surface area contributed by atoms with Gasteiger partial charge in [-0.15, -0.1) is 0 Å². The molecule has 0 radical (unpaired) electrons. The Labute approximate surface area is 160 Å². The lowest BCUT2D eigenvalue weighted by Gasteiger charge is -2.28. The molecule has 0 spiro atoms. The molecule has 2 aliphatic heterocycles. The number of rotatable bonds is 3. The first-order valence-corrected chi connectivity index (χ1v) is 9.78. The number of likely N-dealkylation sites (tertiary alicyclic amines) is 1. The Morgan fingerprint density at radius 1 is 1.04 bits per heavy atom. The highest BCUT2D eigenvalue weighted by molar-refractivity contribution is 6.01. The number of carbonyl (C=O) groups is 2. The van der Waals surface area contributed by atoms with Crippen LogP contribution in [0.2, 0.25) is 0 Å². The number of amides is 2. The lowest BCUT2D eigenvalue weighted by molar-refractivity contribution is -0.136. The fourth-order valence-corrected chi connectivity index (χ4v) is 4.42. The number of carbonyl (C=O) groups excluding carboxylic acids is 2. The number of anilines is 1. The van der Waals surface area contributed by atoms with Gasteiger partial charge in [-0.25, -0.2) is 0 Å². The zero-order chi connectivity index (χ0) is 19.0. The Hall–Kier alpha value is -2.62. The average molecular weight is 362 g/mol. The molecule has 2 heterocycles. The van der Waals surface area contributed by atoms with Crippen molar-refractivity contribution in [1.82, 2.24) is 4.90 Å². The molecular weight excluding hydrogens is 336 g/mol. The molecule has 2 aromatic carbocycles. The van der Waals surface area contributed by atoms with Gasteiger partial charge in [0, 0.05) is 25.2 Å². The predicted molar refractivity (Wildman–Crippen MR) is 107 cm³/mol. The highest BCUT2D eigenvalue weighted by atomic mass is 16.2. The highest BCUT2D eigenvalue weighted by Crippen LogP contribution is 2.36. The van der Waals surface area contributed by atoms with Crippen LogP contribution in [0.3, 0.4) is 0 Å². The first kappa shape index (κ1) is 17.8. The number of hydrogen-bond donors (Lipinski definition) is 0. The summed E-state index contributed by atoms with van der Waals surface area (Å²) < 4.78 is 0. The van der Waals surface area contributed by atoms with Crippen LogP contribution in [0.4, 0.5) is 5.69 Å². The van der Waals surface area contributed by atoms with Crippen LogP contribution >= 0.6 is 0 Å². The van der Waals surface area contributed by atoms with E-state index in [9.17, 15) is 9.59 Å². The molecule has 0 N–H and O–H groups in total. The molecule has 2 aliphatic rings. The van der Waals surface area contributed by atoms with Crippen molar-refractivity contribution in [3.8, 4) is 0 Å². The summed E-state index contributed by atoms with van der Waals surface area (Å²) in [6, 6.07) is 16.4. The summed E-state index contributed by atoms with van der Waals surface area (Å²) in [5, 5.41) is 0. The fourth-order valence-electron chi connectivity index (χ4n) is 4.42. The van der Waals surface area contributed by atoms with Crippen LogP contribution in [0.15, 0.2) is 48.5 Å². The molecule has 2 saturated heterocycles. The fraction of sp³-hybridized carbons (Fsp3) is 0.391. The Bertz CT molecular complexity index is 862. The molecule has 140 valence electrons. The van der Waals surface area contributed by atoms with Gasteiger partial charge in [-0.3, -0.25) is 9.59 Å². The maximum atomic E-state index is 13.3. The van der Waals surface area contributed by atoms with Gasteiger partial charge in [0.2, 0.25) is 11.8 Å². The Morgan fingerprint density at radius 3 is 2.59 bits per heavy atom. The van der Waals surface area contributed by atoms with E-state index in [1.54, 1.807) is 4.90 Å². The van der Waals surface area contributed by atoms with Crippen molar-refractivity contribution in [2.75, 3.05) is 18.0 Å². The molecular formula is C23H26N2O2. The van der Waals surface area contributed by atoms with Gasteiger partial charge in [0.05, 0.1) is 12.0 Å². The second kappa shape index (κ2) is 7.18. The third-order valence-electron chi connectivity index (χ3n) is 6.06. The monoisotopic (exact) mass is 362 g/mol. The standard InChI is InChI=1S/C23H26N2O2/c1-16-8-6-11-20(17(16)2)25-15-19(14-22(25)26)23(27)24-13-7-12-21(24)18-9-4-3-5-10-18/h3-6,8-11,19,21H,7,12-15H2,1-2H3/t19-,21+/m0/s1. The summed E-state index contributed by atoms with van der Waals surface area (Å²) in [4.78, 5) is 29.7. The van der Waals surface area contributed by atoms with Gasteiger partial charge in [-0.05, 0) is 49.4 Å². The minimum atomic E-state index is -0.248. The summed E-state index contributed by atoms with van der Waals surface area (Å²) in [5.41, 5.74) is 4.41. The molecule has 0 bridgehead atoms. The molecule has 27 heavy (non-hydrogen) atoms. The largest absolute Gasteiger partial charge is 0.335 e. The Morgan fingerprint density at radius 2 is 1.81 bits per heavy atom. The molecule has 2 aromatic rings. The van der Waals surface area contributed by atoms with Crippen molar-refractivity contribution in [1.29, 1.82) is 0 Å². The lowest BCUT2D eigenvalue weighted by Crippen LogP contribution is -2.37. The van der Waals surface area contributed by atoms with Gasteiger partial charge in [0.1, 0.15) is 0 Å².